The fourth-order valence-corrected chi connectivity index (χ4v) is 2.29. The summed E-state index contributed by atoms with van der Waals surface area (Å²) in [4.78, 5) is 23.7. The van der Waals surface area contributed by atoms with E-state index in [1.54, 1.807) is 39.5 Å². The average molecular weight is 260 g/mol. The molecule has 2 unspecified atom stereocenters. The Hall–Kier alpha value is -0.550. The Bertz CT molecular complexity index is 289. The number of hydrogen-bond donors (Lipinski definition) is 0. The summed E-state index contributed by atoms with van der Waals surface area (Å²) in [5.74, 6) is 0.141. The molecule has 2 atom stereocenters. The van der Waals surface area contributed by atoms with E-state index in [0.717, 1.165) is 5.75 Å². The first-order chi connectivity index (χ1) is 7.81. The van der Waals surface area contributed by atoms with Gasteiger partial charge in [-0.05, 0) is 27.7 Å². The molecule has 0 saturated carbocycles. The highest BCUT2D eigenvalue weighted by Gasteiger charge is 2.33. The van der Waals surface area contributed by atoms with Gasteiger partial charge in [-0.25, -0.2) is 0 Å². The number of Topliss-reactive ketones (excluding diaryl/α,β-unsaturated/α-hetero) is 1. The minimum atomic E-state index is -0.752. The van der Waals surface area contributed by atoms with E-state index >= 15 is 0 Å². The Kier molecular flexibility index (Phi) is 5.01. The maximum Gasteiger partial charge on any atom is 0.316 e. The highest BCUT2D eigenvalue weighted by Crippen LogP contribution is 2.18. The van der Waals surface area contributed by atoms with Gasteiger partial charge in [0.2, 0.25) is 0 Å². The topological polar surface area (TPSA) is 52.6 Å². The lowest BCUT2D eigenvalue weighted by atomic mass is 10.0. The Labute approximate surface area is 106 Å². The zero-order valence-electron chi connectivity index (χ0n) is 10.8. The van der Waals surface area contributed by atoms with Crippen molar-refractivity contribution in [2.24, 2.45) is 5.92 Å². The van der Waals surface area contributed by atoms with Crippen LogP contribution >= 0.6 is 11.8 Å². The zero-order chi connectivity index (χ0) is 13.1. The van der Waals surface area contributed by atoms with Gasteiger partial charge in [0, 0.05) is 11.5 Å². The third kappa shape index (κ3) is 4.68. The number of hydrogen-bond acceptors (Lipinski definition) is 5. The standard InChI is InChI=1S/C12H20O4S/c1-8(11(14)16-12(2,3)4)10(13)9-7-17-6-5-15-9/h8-9H,5-7H2,1-4H3. The fraction of sp³-hybridized carbons (Fsp3) is 0.833. The Morgan fingerprint density at radius 1 is 1.41 bits per heavy atom. The highest BCUT2D eigenvalue weighted by molar-refractivity contribution is 7.99. The van der Waals surface area contributed by atoms with Crippen molar-refractivity contribution < 1.29 is 19.1 Å². The van der Waals surface area contributed by atoms with Gasteiger partial charge in [-0.3, -0.25) is 9.59 Å². The molecule has 0 amide bonds. The van der Waals surface area contributed by atoms with Crippen molar-refractivity contribution in [1.82, 2.24) is 0 Å². The lowest BCUT2D eigenvalue weighted by Crippen LogP contribution is -2.40. The SMILES string of the molecule is CC(C(=O)OC(C)(C)C)C(=O)C1CSCCO1. The van der Waals surface area contributed by atoms with E-state index in [1.165, 1.54) is 0 Å². The van der Waals surface area contributed by atoms with E-state index in [0.29, 0.717) is 12.4 Å². The average Bonchev–Trinajstić information content (AvgIpc) is 2.26. The van der Waals surface area contributed by atoms with E-state index in [9.17, 15) is 9.59 Å². The van der Waals surface area contributed by atoms with Crippen LogP contribution in [0.15, 0.2) is 0 Å². The smallest absolute Gasteiger partial charge is 0.316 e. The van der Waals surface area contributed by atoms with Crippen LogP contribution in [0.3, 0.4) is 0 Å². The number of ether oxygens (including phenoxy) is 2. The Morgan fingerprint density at radius 3 is 2.53 bits per heavy atom. The molecular weight excluding hydrogens is 240 g/mol. The van der Waals surface area contributed by atoms with Crippen molar-refractivity contribution in [3.63, 3.8) is 0 Å². The predicted molar refractivity (Wildman–Crippen MR) is 67.1 cm³/mol. The van der Waals surface area contributed by atoms with Crippen LogP contribution in [-0.2, 0) is 19.1 Å². The number of esters is 1. The van der Waals surface area contributed by atoms with Gasteiger partial charge in [0.15, 0.2) is 5.78 Å². The summed E-state index contributed by atoms with van der Waals surface area (Å²) in [5.41, 5.74) is -0.562. The van der Waals surface area contributed by atoms with Gasteiger partial charge in [-0.15, -0.1) is 0 Å². The number of carbonyl (C=O) groups is 2. The molecule has 0 aromatic carbocycles. The molecule has 1 heterocycles. The number of rotatable bonds is 3. The second-order valence-corrected chi connectivity index (χ2v) is 6.24. The summed E-state index contributed by atoms with van der Waals surface area (Å²) >= 11 is 1.68. The first-order valence-corrected chi connectivity index (χ1v) is 6.92. The fourth-order valence-electron chi connectivity index (χ4n) is 1.44. The lowest BCUT2D eigenvalue weighted by Gasteiger charge is -2.25. The Morgan fingerprint density at radius 2 is 2.06 bits per heavy atom. The molecule has 1 fully saturated rings. The summed E-state index contributed by atoms with van der Waals surface area (Å²) in [6, 6.07) is 0. The van der Waals surface area contributed by atoms with Crippen LogP contribution in [0.1, 0.15) is 27.7 Å². The summed E-state index contributed by atoms with van der Waals surface area (Å²) in [6.07, 6.45) is -0.462. The van der Waals surface area contributed by atoms with Crippen molar-refractivity contribution in [1.29, 1.82) is 0 Å². The van der Waals surface area contributed by atoms with Crippen LogP contribution in [-0.4, -0.2) is 41.6 Å². The molecule has 0 radical (unpaired) electrons. The first kappa shape index (κ1) is 14.5. The number of ketones is 1. The van der Waals surface area contributed by atoms with Crippen LogP contribution in [0, 0.1) is 5.92 Å². The molecule has 98 valence electrons. The second-order valence-electron chi connectivity index (χ2n) is 5.09. The van der Waals surface area contributed by atoms with Crippen molar-refractivity contribution in [3.8, 4) is 0 Å². The largest absolute Gasteiger partial charge is 0.459 e. The molecule has 0 spiro atoms. The maximum absolute atomic E-state index is 12.0. The van der Waals surface area contributed by atoms with E-state index in [1.807, 2.05) is 0 Å². The Balaban J connectivity index is 2.53. The first-order valence-electron chi connectivity index (χ1n) is 5.77. The summed E-state index contributed by atoms with van der Waals surface area (Å²) in [6.45, 7) is 7.51. The van der Waals surface area contributed by atoms with Crippen LogP contribution < -0.4 is 0 Å². The zero-order valence-corrected chi connectivity index (χ0v) is 11.6. The molecule has 1 saturated heterocycles. The normalized spacial score (nSPS) is 22.9. The van der Waals surface area contributed by atoms with Gasteiger partial charge in [-0.2, -0.15) is 11.8 Å². The van der Waals surface area contributed by atoms with Gasteiger partial charge < -0.3 is 9.47 Å². The third-order valence-electron chi connectivity index (χ3n) is 2.32. The molecule has 0 aromatic rings. The molecule has 17 heavy (non-hydrogen) atoms. The van der Waals surface area contributed by atoms with E-state index in [-0.39, 0.29) is 5.78 Å². The summed E-state index contributed by atoms with van der Waals surface area (Å²) < 4.78 is 10.6. The second kappa shape index (κ2) is 5.87. The van der Waals surface area contributed by atoms with Gasteiger partial charge >= 0.3 is 5.97 Å². The van der Waals surface area contributed by atoms with Gasteiger partial charge in [-0.1, -0.05) is 0 Å². The molecule has 1 aliphatic heterocycles. The van der Waals surface area contributed by atoms with Crippen molar-refractivity contribution in [2.75, 3.05) is 18.1 Å². The van der Waals surface area contributed by atoms with E-state index < -0.39 is 23.6 Å². The van der Waals surface area contributed by atoms with Crippen molar-refractivity contribution >= 4 is 23.5 Å². The van der Waals surface area contributed by atoms with Crippen LogP contribution in [0.4, 0.5) is 0 Å². The van der Waals surface area contributed by atoms with Crippen LogP contribution in [0.5, 0.6) is 0 Å². The van der Waals surface area contributed by atoms with E-state index in [4.69, 9.17) is 9.47 Å². The van der Waals surface area contributed by atoms with Gasteiger partial charge in [0.1, 0.15) is 17.6 Å². The van der Waals surface area contributed by atoms with Crippen molar-refractivity contribution in [2.45, 2.75) is 39.4 Å². The summed E-state index contributed by atoms with van der Waals surface area (Å²) in [7, 11) is 0. The van der Waals surface area contributed by atoms with Gasteiger partial charge in [0.05, 0.1) is 6.61 Å². The molecule has 1 aliphatic rings. The maximum atomic E-state index is 12.0. The summed E-state index contributed by atoms with van der Waals surface area (Å²) in [5, 5.41) is 0. The van der Waals surface area contributed by atoms with E-state index in [2.05, 4.69) is 0 Å². The monoisotopic (exact) mass is 260 g/mol. The third-order valence-corrected chi connectivity index (χ3v) is 3.31. The molecule has 0 bridgehead atoms. The number of thioether (sulfide) groups is 1. The quantitative estimate of drug-likeness (QED) is 0.570. The predicted octanol–water partition coefficient (Wildman–Crippen LogP) is 1.67. The minimum Gasteiger partial charge on any atom is -0.459 e. The van der Waals surface area contributed by atoms with Crippen LogP contribution in [0.2, 0.25) is 0 Å². The van der Waals surface area contributed by atoms with Crippen molar-refractivity contribution in [3.05, 3.63) is 0 Å². The molecule has 0 N–H and O–H groups in total. The molecule has 0 aromatic heterocycles. The molecule has 5 heteroatoms. The lowest BCUT2D eigenvalue weighted by molar-refractivity contribution is -0.163. The molecular formula is C12H20O4S. The highest BCUT2D eigenvalue weighted by atomic mass is 32.2. The van der Waals surface area contributed by atoms with Crippen LogP contribution in [0.25, 0.3) is 0 Å². The molecule has 1 rings (SSSR count). The molecule has 4 nitrogen and oxygen atoms in total. The van der Waals surface area contributed by atoms with Gasteiger partial charge in [0.25, 0.3) is 0 Å². The minimum absolute atomic E-state index is 0.175. The molecule has 0 aliphatic carbocycles. The number of carbonyl (C=O) groups excluding carboxylic acids is 2.